The van der Waals surface area contributed by atoms with E-state index in [-0.39, 0.29) is 18.1 Å². The molecule has 1 N–H and O–H groups in total. The molecule has 1 aromatic carbocycles. The summed E-state index contributed by atoms with van der Waals surface area (Å²) >= 11 is 0. The maximum absolute atomic E-state index is 13.0. The summed E-state index contributed by atoms with van der Waals surface area (Å²) in [6.45, 7) is 17.1. The van der Waals surface area contributed by atoms with Crippen LogP contribution < -0.4 is 5.32 Å². The number of hydrogen-bond acceptors (Lipinski definition) is 7. The van der Waals surface area contributed by atoms with Gasteiger partial charge in [-0.05, 0) is 118 Å². The second kappa shape index (κ2) is 16.3. The number of carbonyl (C=O) groups excluding carboxylic acids is 3. The Morgan fingerprint density at radius 2 is 1.67 bits per heavy atom. The first-order valence-corrected chi connectivity index (χ1v) is 19.8. The number of alkyl carbamates (subject to hydrolysis) is 1. The molecule has 4 aliphatic carbocycles. The van der Waals surface area contributed by atoms with Gasteiger partial charge in [0.15, 0.2) is 6.04 Å². The van der Waals surface area contributed by atoms with Gasteiger partial charge in [-0.1, -0.05) is 95.9 Å². The predicted molar refractivity (Wildman–Crippen MR) is 199 cm³/mol. The Balaban J connectivity index is 1.16. The third-order valence-corrected chi connectivity index (χ3v) is 13.1. The average Bonchev–Trinajstić information content (AvgIpc) is 3.42. The molecule has 8 heteroatoms. The van der Waals surface area contributed by atoms with E-state index in [2.05, 4.69) is 46.0 Å². The van der Waals surface area contributed by atoms with Crippen LogP contribution in [0.1, 0.15) is 132 Å². The van der Waals surface area contributed by atoms with Crippen LogP contribution in [-0.2, 0) is 30.3 Å². The number of hydrogen-bond donors (Lipinski definition) is 1. The van der Waals surface area contributed by atoms with E-state index < -0.39 is 36.5 Å². The third kappa shape index (κ3) is 9.50. The fourth-order valence-corrected chi connectivity index (χ4v) is 10.5. The van der Waals surface area contributed by atoms with Gasteiger partial charge < -0.3 is 24.3 Å². The van der Waals surface area contributed by atoms with Crippen LogP contribution in [-0.4, -0.2) is 42.6 Å². The molecule has 284 valence electrons. The molecule has 1 aromatic rings. The highest BCUT2D eigenvalue weighted by Gasteiger charge is 2.59. The Bertz CT molecular complexity index is 1380. The molecule has 9 unspecified atom stereocenters. The number of esters is 1. The minimum atomic E-state index is -1.25. The Labute approximate surface area is 307 Å². The fraction of sp³-hybridized carbons (Fsp3) is 0.744. The van der Waals surface area contributed by atoms with Crippen molar-refractivity contribution in [2.45, 2.75) is 150 Å². The highest BCUT2D eigenvalue weighted by Crippen LogP contribution is 2.67. The summed E-state index contributed by atoms with van der Waals surface area (Å²) in [5.74, 6) is 3.92. The number of rotatable bonds is 12. The standard InChI is InChI=1S/C43H65NO7/c1-28(2)13-12-14-29(3)34-19-20-35-33-18-17-31-25-32(21-23-42(31,7)36(33)22-24-43(34,35)8)50-40(47)49-27-37(44-39(46)51-41(4,5)6)38(45)48-26-30-15-10-9-11-16-30/h9-11,15-17,28-29,32-37H,12-14,18-27H2,1-8H3,(H,44,46). The van der Waals surface area contributed by atoms with Gasteiger partial charge >= 0.3 is 18.2 Å². The SMILES string of the molecule is CC(C)CCCC(C)C1CCC2C3CC=C4CC(OC(=O)OCC(NC(=O)OC(C)(C)C)C(=O)OCc5ccccc5)CCC4(C)C3CCC12C. The van der Waals surface area contributed by atoms with Gasteiger partial charge in [0.05, 0.1) is 0 Å². The van der Waals surface area contributed by atoms with Crippen molar-refractivity contribution in [1.29, 1.82) is 0 Å². The van der Waals surface area contributed by atoms with Crippen molar-refractivity contribution in [3.63, 3.8) is 0 Å². The van der Waals surface area contributed by atoms with Gasteiger partial charge in [-0.15, -0.1) is 0 Å². The minimum absolute atomic E-state index is 0.0204. The maximum atomic E-state index is 13.0. The molecular weight excluding hydrogens is 642 g/mol. The largest absolute Gasteiger partial charge is 0.508 e. The molecule has 1 amide bonds. The normalized spacial score (nSPS) is 31.2. The number of benzene rings is 1. The fourth-order valence-electron chi connectivity index (χ4n) is 10.5. The summed E-state index contributed by atoms with van der Waals surface area (Å²) in [6, 6.07) is 7.99. The Morgan fingerprint density at radius 3 is 2.37 bits per heavy atom. The third-order valence-electron chi connectivity index (χ3n) is 13.1. The zero-order valence-electron chi connectivity index (χ0n) is 32.6. The first-order chi connectivity index (χ1) is 24.1. The van der Waals surface area contributed by atoms with Crippen molar-refractivity contribution in [3.05, 3.63) is 47.5 Å². The quantitative estimate of drug-likeness (QED) is 0.131. The first kappa shape index (κ1) is 39.2. The number of nitrogens with one attached hydrogen (secondary N) is 1. The highest BCUT2D eigenvalue weighted by molar-refractivity contribution is 5.82. The van der Waals surface area contributed by atoms with Gasteiger partial charge in [-0.2, -0.15) is 0 Å². The lowest BCUT2D eigenvalue weighted by Gasteiger charge is -2.58. The number of allylic oxidation sites excluding steroid dienone is 1. The van der Waals surface area contributed by atoms with E-state index >= 15 is 0 Å². The molecule has 0 aliphatic heterocycles. The van der Waals surface area contributed by atoms with Crippen LogP contribution in [0, 0.1) is 46.3 Å². The average molecular weight is 708 g/mol. The predicted octanol–water partition coefficient (Wildman–Crippen LogP) is 10.2. The topological polar surface area (TPSA) is 100 Å². The molecule has 3 saturated carbocycles. The summed E-state index contributed by atoms with van der Waals surface area (Å²) in [6.07, 6.45) is 13.6. The van der Waals surface area contributed by atoms with Crippen molar-refractivity contribution < 1.29 is 33.3 Å². The number of amides is 1. The molecule has 51 heavy (non-hydrogen) atoms. The van der Waals surface area contributed by atoms with E-state index in [0.29, 0.717) is 17.8 Å². The van der Waals surface area contributed by atoms with Gasteiger partial charge in [0, 0.05) is 6.42 Å². The lowest BCUT2D eigenvalue weighted by Crippen LogP contribution is -2.51. The van der Waals surface area contributed by atoms with E-state index in [1.165, 1.54) is 50.5 Å². The van der Waals surface area contributed by atoms with Gasteiger partial charge in [0.1, 0.15) is 24.9 Å². The van der Waals surface area contributed by atoms with Gasteiger partial charge in [0.2, 0.25) is 0 Å². The molecule has 0 spiro atoms. The molecule has 0 saturated heterocycles. The van der Waals surface area contributed by atoms with Crippen LogP contribution in [0.15, 0.2) is 42.0 Å². The van der Waals surface area contributed by atoms with Crippen molar-refractivity contribution in [1.82, 2.24) is 5.32 Å². The second-order valence-electron chi connectivity index (χ2n) is 18.1. The lowest BCUT2D eigenvalue weighted by molar-refractivity contribution is -0.148. The summed E-state index contributed by atoms with van der Waals surface area (Å²) in [5.41, 5.74) is 2.05. The van der Waals surface area contributed by atoms with Crippen molar-refractivity contribution in [2.24, 2.45) is 46.3 Å². The highest BCUT2D eigenvalue weighted by atomic mass is 16.7. The molecule has 3 fully saturated rings. The molecule has 0 aromatic heterocycles. The van der Waals surface area contributed by atoms with Crippen molar-refractivity contribution in [2.75, 3.05) is 6.61 Å². The number of fused-ring (bicyclic) bond motifs is 5. The molecule has 0 bridgehead atoms. The number of ether oxygens (including phenoxy) is 4. The maximum Gasteiger partial charge on any atom is 0.508 e. The van der Waals surface area contributed by atoms with E-state index in [9.17, 15) is 14.4 Å². The monoisotopic (exact) mass is 707 g/mol. The van der Waals surface area contributed by atoms with Crippen LogP contribution in [0.4, 0.5) is 9.59 Å². The lowest BCUT2D eigenvalue weighted by atomic mass is 9.47. The Hall–Kier alpha value is -3.03. The van der Waals surface area contributed by atoms with E-state index in [1.54, 1.807) is 20.8 Å². The van der Waals surface area contributed by atoms with Gasteiger partial charge in [-0.3, -0.25) is 0 Å². The summed E-state index contributed by atoms with van der Waals surface area (Å²) in [7, 11) is 0. The van der Waals surface area contributed by atoms with Crippen LogP contribution in [0.2, 0.25) is 0 Å². The number of carbonyl (C=O) groups is 3. The smallest absolute Gasteiger partial charge is 0.459 e. The Kier molecular flexibility index (Phi) is 12.5. The van der Waals surface area contributed by atoms with E-state index in [4.69, 9.17) is 18.9 Å². The minimum Gasteiger partial charge on any atom is -0.459 e. The summed E-state index contributed by atoms with van der Waals surface area (Å²) < 4.78 is 22.0. The van der Waals surface area contributed by atoms with Gasteiger partial charge in [-0.25, -0.2) is 14.4 Å². The molecule has 5 rings (SSSR count). The van der Waals surface area contributed by atoms with Crippen molar-refractivity contribution in [3.8, 4) is 0 Å². The first-order valence-electron chi connectivity index (χ1n) is 19.8. The summed E-state index contributed by atoms with van der Waals surface area (Å²) in [5, 5.41) is 2.50. The molecule has 4 aliphatic rings. The molecule has 0 radical (unpaired) electrons. The van der Waals surface area contributed by atoms with Crippen LogP contribution in [0.3, 0.4) is 0 Å². The molecule has 9 atom stereocenters. The molecule has 8 nitrogen and oxygen atoms in total. The van der Waals surface area contributed by atoms with E-state index in [0.717, 1.165) is 54.4 Å². The van der Waals surface area contributed by atoms with Gasteiger partial charge in [0.25, 0.3) is 0 Å². The molecular formula is C43H65NO7. The molecule has 0 heterocycles. The Morgan fingerprint density at radius 1 is 0.922 bits per heavy atom. The van der Waals surface area contributed by atoms with Crippen molar-refractivity contribution >= 4 is 18.2 Å². The van der Waals surface area contributed by atoms with Crippen LogP contribution in [0.25, 0.3) is 0 Å². The van der Waals surface area contributed by atoms with Crippen LogP contribution >= 0.6 is 0 Å². The summed E-state index contributed by atoms with van der Waals surface area (Å²) in [4.78, 5) is 38.5. The van der Waals surface area contributed by atoms with Crippen LogP contribution in [0.5, 0.6) is 0 Å². The second-order valence-corrected chi connectivity index (χ2v) is 18.1. The zero-order chi connectivity index (χ0) is 37.0. The van der Waals surface area contributed by atoms with E-state index in [1.807, 2.05) is 30.3 Å². The zero-order valence-corrected chi connectivity index (χ0v) is 32.6.